The van der Waals surface area contributed by atoms with E-state index in [0.29, 0.717) is 37.1 Å². The third kappa shape index (κ3) is 2.05. The second-order valence-electron chi connectivity index (χ2n) is 5.97. The molecule has 0 spiro atoms. The van der Waals surface area contributed by atoms with E-state index in [9.17, 15) is 4.79 Å². The van der Waals surface area contributed by atoms with Gasteiger partial charge in [-0.2, -0.15) is 0 Å². The first-order chi connectivity index (χ1) is 8.81. The second-order valence-corrected chi connectivity index (χ2v) is 5.97. The topological polar surface area (TPSA) is 55.6 Å². The highest BCUT2D eigenvalue weighted by Gasteiger charge is 2.42. The Hall–Kier alpha value is -0.610. The number of fused-ring (bicyclic) bond motifs is 1. The number of hydrogen-bond donors (Lipinski definition) is 1. The number of nitrogens with two attached hydrogens (primary N) is 1. The summed E-state index contributed by atoms with van der Waals surface area (Å²) in [5.41, 5.74) is 5.80. The molecule has 4 atom stereocenters. The quantitative estimate of drug-likeness (QED) is 0.802. The summed E-state index contributed by atoms with van der Waals surface area (Å²) in [5, 5.41) is 0. The third-order valence-corrected chi connectivity index (χ3v) is 5.04. The van der Waals surface area contributed by atoms with Crippen molar-refractivity contribution in [1.29, 1.82) is 0 Å². The van der Waals surface area contributed by atoms with Crippen molar-refractivity contribution in [3.8, 4) is 0 Å². The average molecular weight is 252 g/mol. The molecule has 2 saturated carbocycles. The molecular weight excluding hydrogens is 228 g/mol. The van der Waals surface area contributed by atoms with Gasteiger partial charge in [-0.05, 0) is 44.6 Å². The van der Waals surface area contributed by atoms with E-state index >= 15 is 0 Å². The zero-order chi connectivity index (χ0) is 12.5. The van der Waals surface area contributed by atoms with Gasteiger partial charge in [0.2, 0.25) is 5.91 Å². The zero-order valence-corrected chi connectivity index (χ0v) is 11.0. The maximum absolute atomic E-state index is 12.7. The Labute approximate surface area is 109 Å². The van der Waals surface area contributed by atoms with E-state index in [1.807, 2.05) is 0 Å². The van der Waals surface area contributed by atoms with E-state index in [4.69, 9.17) is 10.5 Å². The molecule has 0 aromatic heterocycles. The summed E-state index contributed by atoms with van der Waals surface area (Å²) in [5.74, 6) is 0.970. The molecule has 4 heteroatoms. The molecule has 3 aliphatic rings. The average Bonchev–Trinajstić information content (AvgIpc) is 3.05. The fourth-order valence-corrected chi connectivity index (χ4v) is 4.06. The maximum atomic E-state index is 12.7. The van der Waals surface area contributed by atoms with Crippen molar-refractivity contribution in [3.63, 3.8) is 0 Å². The molecule has 3 fully saturated rings. The Morgan fingerprint density at radius 3 is 2.89 bits per heavy atom. The highest BCUT2D eigenvalue weighted by atomic mass is 16.5. The van der Waals surface area contributed by atoms with Crippen LogP contribution in [0.4, 0.5) is 0 Å². The lowest BCUT2D eigenvalue weighted by Crippen LogP contribution is -2.53. The summed E-state index contributed by atoms with van der Waals surface area (Å²) in [6.07, 6.45) is 7.08. The van der Waals surface area contributed by atoms with Crippen LogP contribution >= 0.6 is 0 Å². The van der Waals surface area contributed by atoms with Gasteiger partial charge in [-0.25, -0.2) is 0 Å². The predicted molar refractivity (Wildman–Crippen MR) is 69.0 cm³/mol. The molecule has 0 aromatic carbocycles. The van der Waals surface area contributed by atoms with Crippen molar-refractivity contribution >= 4 is 5.91 Å². The van der Waals surface area contributed by atoms with E-state index in [-0.39, 0.29) is 5.92 Å². The monoisotopic (exact) mass is 252 g/mol. The van der Waals surface area contributed by atoms with Crippen LogP contribution in [-0.2, 0) is 9.53 Å². The number of carbonyl (C=O) groups is 1. The summed E-state index contributed by atoms with van der Waals surface area (Å²) in [6, 6.07) is 0.352. The van der Waals surface area contributed by atoms with Crippen molar-refractivity contribution in [2.75, 3.05) is 19.7 Å². The molecule has 2 unspecified atom stereocenters. The fourth-order valence-electron chi connectivity index (χ4n) is 4.06. The van der Waals surface area contributed by atoms with Crippen LogP contribution in [0.25, 0.3) is 0 Å². The van der Waals surface area contributed by atoms with Gasteiger partial charge in [0.15, 0.2) is 0 Å². The number of morpholine rings is 1. The van der Waals surface area contributed by atoms with Crippen LogP contribution in [0.5, 0.6) is 0 Å². The van der Waals surface area contributed by atoms with Gasteiger partial charge >= 0.3 is 0 Å². The van der Waals surface area contributed by atoms with E-state index < -0.39 is 0 Å². The summed E-state index contributed by atoms with van der Waals surface area (Å²) in [4.78, 5) is 14.9. The highest BCUT2D eigenvalue weighted by molar-refractivity contribution is 5.80. The van der Waals surface area contributed by atoms with E-state index in [0.717, 1.165) is 38.6 Å². The lowest BCUT2D eigenvalue weighted by atomic mass is 9.93. The Morgan fingerprint density at radius 1 is 1.22 bits per heavy atom. The van der Waals surface area contributed by atoms with Gasteiger partial charge in [0, 0.05) is 12.5 Å². The lowest BCUT2D eigenvalue weighted by Gasteiger charge is -2.39. The minimum absolute atomic E-state index is 0.189. The van der Waals surface area contributed by atoms with Crippen LogP contribution in [0, 0.1) is 11.8 Å². The Morgan fingerprint density at radius 2 is 2.06 bits per heavy atom. The van der Waals surface area contributed by atoms with Crippen LogP contribution in [-0.4, -0.2) is 42.6 Å². The van der Waals surface area contributed by atoms with E-state index in [1.54, 1.807) is 0 Å². The minimum Gasteiger partial charge on any atom is -0.374 e. The molecule has 1 heterocycles. The van der Waals surface area contributed by atoms with Gasteiger partial charge in [0.05, 0.1) is 18.8 Å². The molecule has 0 bridgehead atoms. The first-order valence-electron chi connectivity index (χ1n) is 7.43. The molecule has 0 radical (unpaired) electrons. The van der Waals surface area contributed by atoms with Gasteiger partial charge in [0.1, 0.15) is 0 Å². The van der Waals surface area contributed by atoms with Crippen molar-refractivity contribution < 1.29 is 9.53 Å². The van der Waals surface area contributed by atoms with E-state index in [1.165, 1.54) is 6.42 Å². The smallest absolute Gasteiger partial charge is 0.226 e. The van der Waals surface area contributed by atoms with Gasteiger partial charge in [-0.15, -0.1) is 0 Å². The van der Waals surface area contributed by atoms with Crippen molar-refractivity contribution in [3.05, 3.63) is 0 Å². The minimum atomic E-state index is 0.189. The number of ether oxygens (including phenoxy) is 1. The largest absolute Gasteiger partial charge is 0.374 e. The molecule has 1 saturated heterocycles. The molecule has 1 amide bonds. The SMILES string of the molecule is NC[C@H]1CCC[C@H]1C(=O)N1CCOC2CCCC21. The van der Waals surface area contributed by atoms with Gasteiger partial charge in [0.25, 0.3) is 0 Å². The number of rotatable bonds is 2. The lowest BCUT2D eigenvalue weighted by molar-refractivity contribution is -0.149. The van der Waals surface area contributed by atoms with Crippen LogP contribution in [0.15, 0.2) is 0 Å². The first kappa shape index (κ1) is 12.4. The van der Waals surface area contributed by atoms with Gasteiger partial charge in [-0.1, -0.05) is 6.42 Å². The highest BCUT2D eigenvalue weighted by Crippen LogP contribution is 2.36. The molecule has 18 heavy (non-hydrogen) atoms. The first-order valence-corrected chi connectivity index (χ1v) is 7.43. The summed E-state index contributed by atoms with van der Waals surface area (Å²) >= 11 is 0. The maximum Gasteiger partial charge on any atom is 0.226 e. The molecule has 2 aliphatic carbocycles. The summed E-state index contributed by atoms with van der Waals surface area (Å²) in [7, 11) is 0. The molecule has 0 aromatic rings. The van der Waals surface area contributed by atoms with Crippen LogP contribution in [0.1, 0.15) is 38.5 Å². The molecule has 4 nitrogen and oxygen atoms in total. The number of hydrogen-bond acceptors (Lipinski definition) is 3. The molecular formula is C14H24N2O2. The molecule has 2 N–H and O–H groups in total. The second kappa shape index (κ2) is 5.17. The van der Waals surface area contributed by atoms with Gasteiger partial charge in [-0.3, -0.25) is 4.79 Å². The molecule has 3 rings (SSSR count). The number of nitrogens with zero attached hydrogens (tertiary/aromatic N) is 1. The number of carbonyl (C=O) groups excluding carboxylic acids is 1. The van der Waals surface area contributed by atoms with Crippen molar-refractivity contribution in [1.82, 2.24) is 4.90 Å². The van der Waals surface area contributed by atoms with Gasteiger partial charge < -0.3 is 15.4 Å². The van der Waals surface area contributed by atoms with Crippen LogP contribution < -0.4 is 5.73 Å². The molecule has 1 aliphatic heterocycles. The van der Waals surface area contributed by atoms with E-state index in [2.05, 4.69) is 4.90 Å². The number of amides is 1. The van der Waals surface area contributed by atoms with Crippen molar-refractivity contribution in [2.24, 2.45) is 17.6 Å². The Kier molecular flexibility index (Phi) is 3.57. The Balaban J connectivity index is 1.71. The standard InChI is InChI=1S/C14H24N2O2/c15-9-10-3-1-4-11(10)14(17)16-7-8-18-13-6-2-5-12(13)16/h10-13H,1-9,15H2/t10-,11-,12?,13?/m1/s1. The summed E-state index contributed by atoms with van der Waals surface area (Å²) < 4.78 is 5.78. The third-order valence-electron chi connectivity index (χ3n) is 5.04. The Bertz CT molecular complexity index is 321. The van der Waals surface area contributed by atoms with Crippen LogP contribution in [0.2, 0.25) is 0 Å². The van der Waals surface area contributed by atoms with Crippen molar-refractivity contribution in [2.45, 2.75) is 50.7 Å². The van der Waals surface area contributed by atoms with Crippen LogP contribution in [0.3, 0.4) is 0 Å². The zero-order valence-electron chi connectivity index (χ0n) is 11.0. The normalized spacial score (nSPS) is 39.9. The fraction of sp³-hybridized carbons (Fsp3) is 0.929. The molecule has 102 valence electrons. The predicted octanol–water partition coefficient (Wildman–Crippen LogP) is 1.14. The summed E-state index contributed by atoms with van der Waals surface area (Å²) in [6.45, 7) is 2.16.